The molecule has 1 aromatic rings. The third kappa shape index (κ3) is 3.87. The molecule has 0 bridgehead atoms. The van der Waals surface area contributed by atoms with Gasteiger partial charge >= 0.3 is 0 Å². The van der Waals surface area contributed by atoms with E-state index in [4.69, 9.17) is 5.73 Å². The van der Waals surface area contributed by atoms with Crippen LogP contribution in [0.3, 0.4) is 0 Å². The van der Waals surface area contributed by atoms with E-state index in [1.54, 1.807) is 12.3 Å². The van der Waals surface area contributed by atoms with E-state index in [0.717, 1.165) is 44.3 Å². The van der Waals surface area contributed by atoms with Gasteiger partial charge in [0.15, 0.2) is 0 Å². The molecule has 1 fully saturated rings. The van der Waals surface area contributed by atoms with Gasteiger partial charge in [-0.05, 0) is 37.2 Å². The predicted octanol–water partition coefficient (Wildman–Crippen LogP) is 2.22. The number of nitrogens with one attached hydrogen (secondary N) is 1. The molecule has 0 aromatic carbocycles. The Labute approximate surface area is 128 Å². The van der Waals surface area contributed by atoms with E-state index in [0.29, 0.717) is 18.0 Å². The first-order chi connectivity index (χ1) is 9.96. The molecule has 0 atom stereocenters. The summed E-state index contributed by atoms with van der Waals surface area (Å²) in [7, 11) is -3.43. The Bertz CT molecular complexity index is 574. The van der Waals surface area contributed by atoms with Gasteiger partial charge in [-0.15, -0.1) is 0 Å². The largest absolute Gasteiger partial charge is 0.349 e. The average molecular weight is 313 g/mol. The Hall–Kier alpha value is -0.850. The van der Waals surface area contributed by atoms with Crippen LogP contribution >= 0.6 is 0 Å². The fraction of sp³-hybridized carbons (Fsp3) is 0.733. The van der Waals surface area contributed by atoms with Crippen molar-refractivity contribution in [3.63, 3.8) is 0 Å². The lowest BCUT2D eigenvalue weighted by Gasteiger charge is -2.14. The van der Waals surface area contributed by atoms with Crippen molar-refractivity contribution < 1.29 is 8.42 Å². The van der Waals surface area contributed by atoms with Crippen molar-refractivity contribution >= 4 is 10.0 Å². The quantitative estimate of drug-likeness (QED) is 0.734. The first-order valence-electron chi connectivity index (χ1n) is 7.85. The topological polar surface area (TPSA) is 77.1 Å². The first-order valence-corrected chi connectivity index (χ1v) is 9.33. The summed E-state index contributed by atoms with van der Waals surface area (Å²) >= 11 is 0. The van der Waals surface area contributed by atoms with Crippen molar-refractivity contribution in [1.29, 1.82) is 0 Å². The second-order valence-corrected chi connectivity index (χ2v) is 7.91. The van der Waals surface area contributed by atoms with Crippen molar-refractivity contribution in [2.24, 2.45) is 11.1 Å². The minimum Gasteiger partial charge on any atom is -0.349 e. The zero-order valence-electron chi connectivity index (χ0n) is 13.1. The van der Waals surface area contributed by atoms with Crippen LogP contribution in [0, 0.1) is 5.41 Å². The van der Waals surface area contributed by atoms with Gasteiger partial charge in [0.25, 0.3) is 0 Å². The van der Waals surface area contributed by atoms with Gasteiger partial charge in [-0.3, -0.25) is 0 Å². The van der Waals surface area contributed by atoms with Gasteiger partial charge in [-0.25, -0.2) is 13.1 Å². The molecule has 0 amide bonds. The number of hydrogen-bond acceptors (Lipinski definition) is 3. The number of aromatic nitrogens is 1. The van der Waals surface area contributed by atoms with Gasteiger partial charge in [0.05, 0.1) is 4.90 Å². The number of rotatable bonds is 9. The average Bonchev–Trinajstić information content (AvgIpc) is 3.08. The summed E-state index contributed by atoms with van der Waals surface area (Å²) in [6.07, 6.45) is 7.12. The molecule has 6 heteroatoms. The summed E-state index contributed by atoms with van der Waals surface area (Å²) in [4.78, 5) is 0.337. The molecule has 1 aliphatic carbocycles. The highest BCUT2D eigenvalue weighted by atomic mass is 32.2. The van der Waals surface area contributed by atoms with Crippen LogP contribution in [0.5, 0.6) is 0 Å². The lowest BCUT2D eigenvalue weighted by atomic mass is 10.0. The molecule has 1 aromatic heterocycles. The lowest BCUT2D eigenvalue weighted by Crippen LogP contribution is -2.30. The predicted molar refractivity (Wildman–Crippen MR) is 84.4 cm³/mol. The van der Waals surface area contributed by atoms with Crippen LogP contribution in [-0.2, 0) is 23.1 Å². The third-order valence-electron chi connectivity index (χ3n) is 4.32. The minimum absolute atomic E-state index is 0.213. The molecular formula is C15H27N3O2S. The second-order valence-electron chi connectivity index (χ2n) is 6.14. The summed E-state index contributed by atoms with van der Waals surface area (Å²) in [5, 5.41) is 0. The number of nitrogens with zero attached hydrogens (tertiary/aromatic N) is 1. The summed E-state index contributed by atoms with van der Waals surface area (Å²) in [6.45, 7) is 5.92. The summed E-state index contributed by atoms with van der Waals surface area (Å²) in [5.41, 5.74) is 6.77. The molecule has 0 radical (unpaired) electrons. The van der Waals surface area contributed by atoms with E-state index in [2.05, 4.69) is 18.6 Å². The fourth-order valence-electron chi connectivity index (χ4n) is 2.85. The molecule has 0 spiro atoms. The maximum absolute atomic E-state index is 12.4. The zero-order chi connectivity index (χ0) is 15.5. The molecule has 5 nitrogen and oxygen atoms in total. The molecule has 3 N–H and O–H groups in total. The molecule has 120 valence electrons. The van der Waals surface area contributed by atoms with Crippen LogP contribution in [0.2, 0.25) is 0 Å². The second kappa shape index (κ2) is 6.50. The standard InChI is InChI=1S/C15H27N3O2S/c1-3-5-15(6-7-15)12-17-21(19,20)14-9-13(10-16)18(11-14)8-4-2/h9,11,17H,3-8,10,12,16H2,1-2H3. The van der Waals surface area contributed by atoms with E-state index in [1.165, 1.54) is 0 Å². The molecule has 0 aliphatic heterocycles. The van der Waals surface area contributed by atoms with Gasteiger partial charge in [0.1, 0.15) is 0 Å². The Balaban J connectivity index is 2.08. The van der Waals surface area contributed by atoms with Crippen LogP contribution < -0.4 is 10.5 Å². The van der Waals surface area contributed by atoms with E-state index < -0.39 is 10.0 Å². The first kappa shape index (κ1) is 16.5. The van der Waals surface area contributed by atoms with Crippen molar-refractivity contribution in [3.8, 4) is 0 Å². The van der Waals surface area contributed by atoms with Crippen molar-refractivity contribution in [3.05, 3.63) is 18.0 Å². The molecule has 21 heavy (non-hydrogen) atoms. The lowest BCUT2D eigenvalue weighted by molar-refractivity contribution is 0.449. The van der Waals surface area contributed by atoms with Gasteiger partial charge in [-0.1, -0.05) is 20.3 Å². The summed E-state index contributed by atoms with van der Waals surface area (Å²) in [6, 6.07) is 1.69. The zero-order valence-corrected chi connectivity index (χ0v) is 13.9. The number of hydrogen-bond donors (Lipinski definition) is 2. The van der Waals surface area contributed by atoms with Crippen molar-refractivity contribution in [1.82, 2.24) is 9.29 Å². The Morgan fingerprint density at radius 1 is 1.33 bits per heavy atom. The molecule has 1 heterocycles. The van der Waals surface area contributed by atoms with Crippen LogP contribution in [0.25, 0.3) is 0 Å². The summed E-state index contributed by atoms with van der Waals surface area (Å²) in [5.74, 6) is 0. The maximum atomic E-state index is 12.4. The van der Waals surface area contributed by atoms with Crippen LogP contribution in [-0.4, -0.2) is 19.5 Å². The van der Waals surface area contributed by atoms with Gasteiger partial charge < -0.3 is 10.3 Å². The smallest absolute Gasteiger partial charge is 0.242 e. The Kier molecular flexibility index (Phi) is 5.11. The van der Waals surface area contributed by atoms with Crippen molar-refractivity contribution in [2.75, 3.05) is 6.54 Å². The van der Waals surface area contributed by atoms with Gasteiger partial charge in [0, 0.05) is 31.5 Å². The molecule has 0 saturated heterocycles. The number of nitrogens with two attached hydrogens (primary N) is 1. The normalized spacial score (nSPS) is 17.1. The molecule has 1 saturated carbocycles. The highest BCUT2D eigenvalue weighted by Crippen LogP contribution is 2.49. The number of aryl methyl sites for hydroxylation is 1. The molecular weight excluding hydrogens is 286 g/mol. The highest BCUT2D eigenvalue weighted by molar-refractivity contribution is 7.89. The number of sulfonamides is 1. The van der Waals surface area contributed by atoms with Crippen molar-refractivity contribution in [2.45, 2.75) is 63.9 Å². The van der Waals surface area contributed by atoms with Gasteiger partial charge in [0.2, 0.25) is 10.0 Å². The van der Waals surface area contributed by atoms with Crippen LogP contribution in [0.4, 0.5) is 0 Å². The summed E-state index contributed by atoms with van der Waals surface area (Å²) < 4.78 is 29.6. The van der Waals surface area contributed by atoms with E-state index in [-0.39, 0.29) is 5.41 Å². The minimum atomic E-state index is -3.43. The molecule has 2 rings (SSSR count). The van der Waals surface area contributed by atoms with E-state index >= 15 is 0 Å². The molecule has 1 aliphatic rings. The highest BCUT2D eigenvalue weighted by Gasteiger charge is 2.42. The molecule has 0 unspecified atom stereocenters. The Morgan fingerprint density at radius 2 is 2.05 bits per heavy atom. The third-order valence-corrected chi connectivity index (χ3v) is 5.69. The fourth-order valence-corrected chi connectivity index (χ4v) is 4.07. The Morgan fingerprint density at radius 3 is 2.57 bits per heavy atom. The SMILES string of the molecule is CCCn1cc(S(=O)(=O)NCC2(CCC)CC2)cc1CN. The maximum Gasteiger partial charge on any atom is 0.242 e. The van der Waals surface area contributed by atoms with E-state index in [1.807, 2.05) is 4.57 Å². The van der Waals surface area contributed by atoms with Crippen LogP contribution in [0.15, 0.2) is 17.2 Å². The van der Waals surface area contributed by atoms with Gasteiger partial charge in [-0.2, -0.15) is 0 Å². The monoisotopic (exact) mass is 313 g/mol. The van der Waals surface area contributed by atoms with E-state index in [9.17, 15) is 8.42 Å². The van der Waals surface area contributed by atoms with Crippen LogP contribution in [0.1, 0.15) is 51.6 Å².